The highest BCUT2D eigenvalue weighted by Crippen LogP contribution is 2.08. The highest BCUT2D eigenvalue weighted by molar-refractivity contribution is 7.09. The summed E-state index contributed by atoms with van der Waals surface area (Å²) in [6.07, 6.45) is 2.57. The Balaban J connectivity index is 2.27. The summed E-state index contributed by atoms with van der Waals surface area (Å²) in [5.41, 5.74) is 0.992. The number of nitrogens with zero attached hydrogens (tertiary/aromatic N) is 1. The number of nitrogens with one attached hydrogen (secondary N) is 1. The first-order chi connectivity index (χ1) is 6.72. The Hall–Kier alpha value is -0.900. The van der Waals surface area contributed by atoms with Gasteiger partial charge in [-0.05, 0) is 13.3 Å². The van der Waals surface area contributed by atoms with Crippen molar-refractivity contribution in [1.29, 1.82) is 0 Å². The van der Waals surface area contributed by atoms with Crippen LogP contribution in [0.1, 0.15) is 30.5 Å². The van der Waals surface area contributed by atoms with E-state index in [9.17, 15) is 4.79 Å². The molecular weight excluding hydrogens is 196 g/mol. The molecule has 1 aromatic heterocycles. The minimum Gasteiger partial charge on any atom is -0.356 e. The Morgan fingerprint density at radius 3 is 3.00 bits per heavy atom. The number of aryl methyl sites for hydroxylation is 1. The quantitative estimate of drug-likeness (QED) is 0.758. The van der Waals surface area contributed by atoms with Crippen molar-refractivity contribution >= 4 is 17.2 Å². The van der Waals surface area contributed by atoms with Crippen molar-refractivity contribution in [1.82, 2.24) is 10.3 Å². The number of hydrogen-bond donors (Lipinski definition) is 1. The average molecular weight is 212 g/mol. The second kappa shape index (κ2) is 5.75. The molecule has 0 aromatic carbocycles. The summed E-state index contributed by atoms with van der Waals surface area (Å²) in [4.78, 5) is 15.6. The zero-order valence-corrected chi connectivity index (χ0v) is 9.49. The Morgan fingerprint density at radius 2 is 2.43 bits per heavy atom. The maximum Gasteiger partial charge on any atom is 0.226 e. The monoisotopic (exact) mass is 212 g/mol. The van der Waals surface area contributed by atoms with E-state index in [2.05, 4.69) is 17.2 Å². The van der Waals surface area contributed by atoms with Gasteiger partial charge in [-0.25, -0.2) is 4.98 Å². The lowest BCUT2D eigenvalue weighted by atomic mass is 10.3. The molecule has 3 nitrogen and oxygen atoms in total. The van der Waals surface area contributed by atoms with E-state index in [1.165, 1.54) is 0 Å². The third kappa shape index (κ3) is 3.87. The molecule has 1 heterocycles. The van der Waals surface area contributed by atoms with Gasteiger partial charge in [0.1, 0.15) is 5.01 Å². The molecule has 0 aliphatic carbocycles. The second-order valence-electron chi connectivity index (χ2n) is 3.26. The van der Waals surface area contributed by atoms with E-state index in [1.807, 2.05) is 12.3 Å². The lowest BCUT2D eigenvalue weighted by molar-refractivity contribution is -0.120. The van der Waals surface area contributed by atoms with E-state index in [1.54, 1.807) is 11.3 Å². The Morgan fingerprint density at radius 1 is 1.64 bits per heavy atom. The summed E-state index contributed by atoms with van der Waals surface area (Å²) < 4.78 is 0. The molecule has 0 unspecified atom stereocenters. The van der Waals surface area contributed by atoms with Gasteiger partial charge in [0, 0.05) is 17.6 Å². The molecule has 0 aliphatic heterocycles. The predicted octanol–water partition coefficient (Wildman–Crippen LogP) is 1.91. The third-order valence-electron chi connectivity index (χ3n) is 1.83. The van der Waals surface area contributed by atoms with Crippen LogP contribution in [0, 0.1) is 6.92 Å². The van der Waals surface area contributed by atoms with Gasteiger partial charge in [-0.3, -0.25) is 4.79 Å². The molecule has 0 aliphatic rings. The zero-order valence-electron chi connectivity index (χ0n) is 8.67. The highest BCUT2D eigenvalue weighted by atomic mass is 32.1. The number of thiazole rings is 1. The molecule has 0 saturated carbocycles. The van der Waals surface area contributed by atoms with E-state index >= 15 is 0 Å². The minimum absolute atomic E-state index is 0.0767. The van der Waals surface area contributed by atoms with Crippen LogP contribution in [0.2, 0.25) is 0 Å². The number of rotatable bonds is 5. The lowest BCUT2D eigenvalue weighted by Crippen LogP contribution is -2.25. The number of aromatic nitrogens is 1. The van der Waals surface area contributed by atoms with Gasteiger partial charge in [-0.15, -0.1) is 11.3 Å². The van der Waals surface area contributed by atoms with Crippen LogP contribution in [0.25, 0.3) is 0 Å². The molecule has 78 valence electrons. The summed E-state index contributed by atoms with van der Waals surface area (Å²) in [7, 11) is 0. The second-order valence-corrected chi connectivity index (χ2v) is 4.21. The number of carbonyl (C=O) groups is 1. The summed E-state index contributed by atoms with van der Waals surface area (Å²) in [5.74, 6) is 0.0767. The molecular formula is C10H16N2OS. The lowest BCUT2D eigenvalue weighted by Gasteiger charge is -2.01. The predicted molar refractivity (Wildman–Crippen MR) is 58.5 cm³/mol. The van der Waals surface area contributed by atoms with Crippen LogP contribution >= 0.6 is 11.3 Å². The van der Waals surface area contributed by atoms with E-state index in [4.69, 9.17) is 0 Å². The van der Waals surface area contributed by atoms with Crippen molar-refractivity contribution in [3.8, 4) is 0 Å². The molecule has 0 bridgehead atoms. The van der Waals surface area contributed by atoms with Gasteiger partial charge in [-0.1, -0.05) is 13.3 Å². The van der Waals surface area contributed by atoms with Crippen molar-refractivity contribution in [3.63, 3.8) is 0 Å². The summed E-state index contributed by atoms with van der Waals surface area (Å²) in [6.45, 7) is 4.82. The van der Waals surface area contributed by atoms with Gasteiger partial charge in [0.2, 0.25) is 5.91 Å². The molecule has 0 atom stereocenters. The fourth-order valence-electron chi connectivity index (χ4n) is 1.09. The van der Waals surface area contributed by atoms with E-state index in [0.717, 1.165) is 30.1 Å². The molecule has 1 aromatic rings. The first-order valence-electron chi connectivity index (χ1n) is 4.90. The molecule has 0 fully saturated rings. The minimum atomic E-state index is 0.0767. The van der Waals surface area contributed by atoms with Crippen molar-refractivity contribution in [2.24, 2.45) is 0 Å². The van der Waals surface area contributed by atoms with Crippen molar-refractivity contribution in [2.45, 2.75) is 33.1 Å². The zero-order chi connectivity index (χ0) is 10.4. The van der Waals surface area contributed by atoms with Gasteiger partial charge >= 0.3 is 0 Å². The molecule has 1 N–H and O–H groups in total. The van der Waals surface area contributed by atoms with Crippen LogP contribution in [-0.4, -0.2) is 17.4 Å². The Labute approximate surface area is 88.6 Å². The largest absolute Gasteiger partial charge is 0.356 e. The Bertz CT molecular complexity index is 296. The van der Waals surface area contributed by atoms with Crippen LogP contribution in [-0.2, 0) is 11.2 Å². The van der Waals surface area contributed by atoms with Crippen molar-refractivity contribution < 1.29 is 4.79 Å². The summed E-state index contributed by atoms with van der Waals surface area (Å²) in [5, 5.41) is 5.74. The van der Waals surface area contributed by atoms with Gasteiger partial charge in [0.15, 0.2) is 0 Å². The van der Waals surface area contributed by atoms with Crippen LogP contribution in [0.15, 0.2) is 5.38 Å². The molecule has 0 saturated heterocycles. The smallest absolute Gasteiger partial charge is 0.226 e. The molecule has 1 rings (SSSR count). The first-order valence-corrected chi connectivity index (χ1v) is 5.78. The van der Waals surface area contributed by atoms with Gasteiger partial charge in [0.25, 0.3) is 0 Å². The molecule has 1 amide bonds. The number of unbranched alkanes of at least 4 members (excludes halogenated alkanes) is 1. The number of amides is 1. The summed E-state index contributed by atoms with van der Waals surface area (Å²) >= 11 is 1.55. The Kier molecular flexibility index (Phi) is 4.59. The van der Waals surface area contributed by atoms with E-state index < -0.39 is 0 Å². The highest BCUT2D eigenvalue weighted by Gasteiger charge is 2.05. The van der Waals surface area contributed by atoms with Crippen molar-refractivity contribution in [3.05, 3.63) is 16.1 Å². The standard InChI is InChI=1S/C10H16N2OS/c1-3-4-5-11-9(13)6-10-12-8(2)7-14-10/h7H,3-6H2,1-2H3,(H,11,13). The maximum absolute atomic E-state index is 11.4. The topological polar surface area (TPSA) is 42.0 Å². The van der Waals surface area contributed by atoms with Crippen LogP contribution in [0.3, 0.4) is 0 Å². The maximum atomic E-state index is 11.4. The number of carbonyl (C=O) groups excluding carboxylic acids is 1. The SMILES string of the molecule is CCCCNC(=O)Cc1nc(C)cs1. The van der Waals surface area contributed by atoms with E-state index in [0.29, 0.717) is 6.42 Å². The van der Waals surface area contributed by atoms with Gasteiger partial charge < -0.3 is 5.32 Å². The number of hydrogen-bond acceptors (Lipinski definition) is 3. The van der Waals surface area contributed by atoms with Gasteiger partial charge in [0.05, 0.1) is 6.42 Å². The average Bonchev–Trinajstić information content (AvgIpc) is 2.52. The van der Waals surface area contributed by atoms with Crippen LogP contribution < -0.4 is 5.32 Å². The van der Waals surface area contributed by atoms with Crippen LogP contribution in [0.5, 0.6) is 0 Å². The third-order valence-corrected chi connectivity index (χ3v) is 2.80. The molecule has 0 radical (unpaired) electrons. The summed E-state index contributed by atoms with van der Waals surface area (Å²) in [6, 6.07) is 0. The molecule has 4 heteroatoms. The van der Waals surface area contributed by atoms with Gasteiger partial charge in [-0.2, -0.15) is 0 Å². The fraction of sp³-hybridized carbons (Fsp3) is 0.600. The normalized spacial score (nSPS) is 10.1. The molecule has 0 spiro atoms. The fourth-order valence-corrected chi connectivity index (χ4v) is 1.86. The molecule has 14 heavy (non-hydrogen) atoms. The van der Waals surface area contributed by atoms with Crippen molar-refractivity contribution in [2.75, 3.05) is 6.54 Å². The first kappa shape index (κ1) is 11.2. The van der Waals surface area contributed by atoms with Crippen LogP contribution in [0.4, 0.5) is 0 Å². The van der Waals surface area contributed by atoms with E-state index in [-0.39, 0.29) is 5.91 Å².